The minimum atomic E-state index is -1.43. The molecule has 7 rings (SSSR count). The number of carbonyl (C=O) groups excluding carboxylic acids is 1. The van der Waals surface area contributed by atoms with Crippen LogP contribution in [0.4, 0.5) is 4.79 Å². The van der Waals surface area contributed by atoms with Crippen molar-refractivity contribution in [1.29, 1.82) is 0 Å². The van der Waals surface area contributed by atoms with Crippen LogP contribution in [0.2, 0.25) is 0 Å². The lowest BCUT2D eigenvalue weighted by molar-refractivity contribution is -0.256. The van der Waals surface area contributed by atoms with E-state index in [1.807, 2.05) is 82.3 Å². The van der Waals surface area contributed by atoms with Gasteiger partial charge in [0.05, 0.1) is 37.6 Å². The number of ether oxygens (including phenoxy) is 4. The third-order valence-electron chi connectivity index (χ3n) is 12.4. The highest BCUT2D eigenvalue weighted by Crippen LogP contribution is 2.62. The first kappa shape index (κ1) is 44.8. The Kier molecular flexibility index (Phi) is 14.4. The summed E-state index contributed by atoms with van der Waals surface area (Å²) in [7, 11) is 1.41. The molecule has 1 saturated carbocycles. The number of oxime groups is 1. The number of aliphatic hydroxyl groups excluding tert-OH is 2. The second kappa shape index (κ2) is 19.9. The molecule has 6 atom stereocenters. The predicted molar refractivity (Wildman–Crippen MR) is 241 cm³/mol. The van der Waals surface area contributed by atoms with Gasteiger partial charge in [-0.15, -0.1) is 6.58 Å². The van der Waals surface area contributed by atoms with Crippen molar-refractivity contribution in [1.82, 2.24) is 9.88 Å². The Labute approximate surface area is 366 Å². The van der Waals surface area contributed by atoms with E-state index in [0.717, 1.165) is 70.3 Å². The average molecular weight is 846 g/mol. The Morgan fingerprint density at radius 1 is 1.00 bits per heavy atom. The number of aromatic nitrogens is 1. The molecule has 0 bridgehead atoms. The minimum absolute atomic E-state index is 0.0604. The van der Waals surface area contributed by atoms with Gasteiger partial charge in [-0.2, -0.15) is 0 Å². The molecule has 4 aromatic rings. The number of hydrogen-bond acceptors (Lipinski definition) is 10. The highest BCUT2D eigenvalue weighted by molar-refractivity contribution is 6.03. The van der Waals surface area contributed by atoms with Gasteiger partial charge in [-0.25, -0.2) is 4.79 Å². The number of aryl methyl sites for hydroxylation is 1. The van der Waals surface area contributed by atoms with Crippen LogP contribution in [-0.4, -0.2) is 76.3 Å². The second-order valence-electron chi connectivity index (χ2n) is 17.8. The number of nitrogens with zero attached hydrogens (tertiary/aromatic N) is 3. The van der Waals surface area contributed by atoms with E-state index < -0.39 is 29.4 Å². The van der Waals surface area contributed by atoms with Gasteiger partial charge in [0.1, 0.15) is 29.7 Å². The molecule has 3 aromatic carbocycles. The van der Waals surface area contributed by atoms with E-state index in [2.05, 4.69) is 41.9 Å². The van der Waals surface area contributed by atoms with E-state index in [1.165, 1.54) is 7.11 Å². The predicted octanol–water partition coefficient (Wildman–Crippen LogP) is 9.82. The van der Waals surface area contributed by atoms with Crippen molar-refractivity contribution >= 4 is 22.6 Å². The number of aliphatic hydroxyl groups is 2. The summed E-state index contributed by atoms with van der Waals surface area (Å²) in [4.78, 5) is 27.2. The maximum atomic E-state index is 14.5. The first-order chi connectivity index (χ1) is 30.0. The lowest BCUT2D eigenvalue weighted by Crippen LogP contribution is -2.70. The zero-order valence-corrected chi connectivity index (χ0v) is 36.9. The van der Waals surface area contributed by atoms with Crippen molar-refractivity contribution in [2.45, 2.75) is 109 Å². The molecule has 2 aliphatic carbocycles. The summed E-state index contributed by atoms with van der Waals surface area (Å²) in [5, 5.41) is 27.0. The van der Waals surface area contributed by atoms with Crippen molar-refractivity contribution < 1.29 is 38.8 Å². The van der Waals surface area contributed by atoms with E-state index in [4.69, 9.17) is 28.9 Å². The fourth-order valence-electron chi connectivity index (χ4n) is 9.80. The van der Waals surface area contributed by atoms with Crippen LogP contribution in [0.25, 0.3) is 10.8 Å². The van der Waals surface area contributed by atoms with Crippen LogP contribution < -0.4 is 9.47 Å². The summed E-state index contributed by atoms with van der Waals surface area (Å²) in [5.74, 6) is -0.642. The lowest BCUT2D eigenvalue weighted by atomic mass is 9.55. The molecule has 1 fully saturated rings. The zero-order valence-electron chi connectivity index (χ0n) is 36.9. The van der Waals surface area contributed by atoms with Gasteiger partial charge >= 0.3 is 6.09 Å². The van der Waals surface area contributed by atoms with Gasteiger partial charge in [-0.1, -0.05) is 78.7 Å². The van der Waals surface area contributed by atoms with Gasteiger partial charge in [0.2, 0.25) is 5.79 Å². The number of allylic oxidation sites excluding steroid dienone is 1. The smallest absolute Gasteiger partial charge is 0.410 e. The number of carbonyl (C=O) groups is 1. The molecule has 0 unspecified atom stereocenters. The van der Waals surface area contributed by atoms with Crippen LogP contribution in [0.15, 0.2) is 108 Å². The summed E-state index contributed by atoms with van der Waals surface area (Å²) in [6.45, 7) is 12.8. The number of amides is 1. The maximum Gasteiger partial charge on any atom is 0.410 e. The summed E-state index contributed by atoms with van der Waals surface area (Å²) >= 11 is 0. The molecule has 1 aromatic heterocycles. The van der Waals surface area contributed by atoms with Gasteiger partial charge in [-0.3, -0.25) is 9.88 Å². The Hall–Kier alpha value is -5.23. The van der Waals surface area contributed by atoms with Crippen molar-refractivity contribution in [3.63, 3.8) is 0 Å². The second-order valence-corrected chi connectivity index (χ2v) is 17.8. The zero-order chi connectivity index (χ0) is 43.9. The number of methoxy groups -OCH3 is 1. The summed E-state index contributed by atoms with van der Waals surface area (Å²) in [6.07, 6.45) is 8.45. The van der Waals surface area contributed by atoms with E-state index in [1.54, 1.807) is 11.0 Å². The highest BCUT2D eigenvalue weighted by atomic mass is 16.7. The van der Waals surface area contributed by atoms with Crippen LogP contribution in [0.1, 0.15) is 94.1 Å². The number of pyridine rings is 1. The lowest BCUT2D eigenvalue weighted by Gasteiger charge is -2.60. The molecule has 1 aliphatic heterocycles. The normalized spacial score (nSPS) is 23.4. The van der Waals surface area contributed by atoms with Gasteiger partial charge < -0.3 is 34.0 Å². The average Bonchev–Trinajstić information content (AvgIpc) is 3.27. The molecule has 0 radical (unpaired) electrons. The van der Waals surface area contributed by atoms with E-state index in [9.17, 15) is 15.0 Å². The fraction of sp³-hybridized carbons (Fsp3) is 0.471. The molecule has 0 saturated heterocycles. The van der Waals surface area contributed by atoms with E-state index in [0.29, 0.717) is 30.9 Å². The fourth-order valence-corrected chi connectivity index (χ4v) is 9.80. The maximum absolute atomic E-state index is 14.5. The van der Waals surface area contributed by atoms with Crippen LogP contribution >= 0.6 is 0 Å². The Bertz CT molecular complexity index is 2240. The third kappa shape index (κ3) is 9.70. The third-order valence-corrected chi connectivity index (χ3v) is 12.4. The topological polar surface area (TPSA) is 132 Å². The molecule has 2 N–H and O–H groups in total. The van der Waals surface area contributed by atoms with Crippen molar-refractivity contribution in [2.75, 3.05) is 26.9 Å². The summed E-state index contributed by atoms with van der Waals surface area (Å²) < 4.78 is 26.7. The van der Waals surface area contributed by atoms with Crippen LogP contribution in [-0.2, 0) is 27.5 Å². The number of benzene rings is 3. The van der Waals surface area contributed by atoms with Crippen LogP contribution in [0.5, 0.6) is 11.5 Å². The van der Waals surface area contributed by atoms with Crippen molar-refractivity contribution in [2.24, 2.45) is 22.9 Å². The summed E-state index contributed by atoms with van der Waals surface area (Å²) in [6, 6.07) is 25.4. The van der Waals surface area contributed by atoms with Crippen molar-refractivity contribution in [3.8, 4) is 11.5 Å². The molecular weight excluding hydrogens is 783 g/mol. The number of fused-ring (bicyclic) bond motifs is 3. The first-order valence-corrected chi connectivity index (χ1v) is 22.1. The molecule has 62 heavy (non-hydrogen) atoms. The monoisotopic (exact) mass is 845 g/mol. The molecule has 330 valence electrons. The number of hydrogen-bond donors (Lipinski definition) is 2. The van der Waals surface area contributed by atoms with E-state index in [-0.39, 0.29) is 50.5 Å². The molecule has 0 spiro atoms. The Balaban J connectivity index is 1.45. The quantitative estimate of drug-likeness (QED) is 0.0571. The number of unbranched alkanes of at least 4 members (excludes halogenated alkanes) is 2. The largest absolute Gasteiger partial charge is 0.487 e. The summed E-state index contributed by atoms with van der Waals surface area (Å²) in [5.41, 5.74) is 4.75. The first-order valence-electron chi connectivity index (χ1n) is 22.1. The molecule has 11 heteroatoms. The highest BCUT2D eigenvalue weighted by Gasteiger charge is 2.65. The SMILES string of the molecule is C=CCO[C@@]12Oc3ccc(OCc4cccc(C)n4)cc3[C@H]3[C@H](CCCCO)[C@@H](CCCCO)C=C(C(=NOC(C)(C)C)C[C@@H]1N(Cc1cccc4ccccc14)C(=O)OC)[C@H]32. The number of rotatable bonds is 18. The minimum Gasteiger partial charge on any atom is -0.487 e. The Morgan fingerprint density at radius 3 is 2.50 bits per heavy atom. The standard InChI is InChI=1S/C51H63N3O8/c1-7-28-60-51-46(54(49(57)58-6)32-37-20-15-19-35-17-8-9-22-40(35)37)31-44(53-62-50(3,4)5)42-29-36(18-10-12-26-55)41(23-11-13-27-56)47(48(42)51)43-30-39(24-25-45(43)61-51)59-33-38-21-14-16-34(2)52-38/h7-9,14-17,19-22,24-25,29-30,36,41,46-48,55-56H,1,10-13,18,23,26-28,31-33H2,2-6H3/t36-,41+,46-,47+,48+,51+/m0/s1. The van der Waals surface area contributed by atoms with Gasteiger partial charge in [0.15, 0.2) is 0 Å². The molecule has 3 aliphatic rings. The van der Waals surface area contributed by atoms with Gasteiger partial charge in [0.25, 0.3) is 0 Å². The van der Waals surface area contributed by atoms with E-state index >= 15 is 0 Å². The molecular formula is C51H63N3O8. The molecule has 2 heterocycles. The van der Waals surface area contributed by atoms with Gasteiger partial charge in [-0.05, 0) is 117 Å². The molecule has 11 nitrogen and oxygen atoms in total. The molecule has 1 amide bonds. The van der Waals surface area contributed by atoms with Crippen molar-refractivity contribution in [3.05, 3.63) is 126 Å². The van der Waals surface area contributed by atoms with Crippen LogP contribution in [0.3, 0.4) is 0 Å². The Morgan fingerprint density at radius 2 is 1.76 bits per heavy atom. The van der Waals surface area contributed by atoms with Gasteiger partial charge in [0, 0.05) is 36.8 Å². The van der Waals surface area contributed by atoms with Crippen LogP contribution in [0, 0.1) is 24.7 Å².